The van der Waals surface area contributed by atoms with Crippen LogP contribution < -0.4 is 0 Å². The van der Waals surface area contributed by atoms with E-state index in [0.717, 1.165) is 0 Å². The third-order valence-corrected chi connectivity index (χ3v) is 3.24. The Bertz CT molecular complexity index is 190. The van der Waals surface area contributed by atoms with E-state index in [1.54, 1.807) is 0 Å². The van der Waals surface area contributed by atoms with E-state index >= 15 is 0 Å². The normalized spacial score (nSPS) is 30.6. The van der Waals surface area contributed by atoms with Crippen molar-refractivity contribution in [3.63, 3.8) is 0 Å². The zero-order chi connectivity index (χ0) is 10.0. The van der Waals surface area contributed by atoms with Crippen LogP contribution in [0.2, 0.25) is 0 Å². The molecule has 13 heavy (non-hydrogen) atoms. The molecule has 0 bridgehead atoms. The third kappa shape index (κ3) is 2.42. The minimum atomic E-state index is -0.791. The molecule has 5 heteroatoms. The Morgan fingerprint density at radius 2 is 2.00 bits per heavy atom. The van der Waals surface area contributed by atoms with Crippen molar-refractivity contribution < 1.29 is 15.0 Å². The lowest BCUT2D eigenvalue weighted by Crippen LogP contribution is -2.35. The van der Waals surface area contributed by atoms with Gasteiger partial charge in [0.2, 0.25) is 5.91 Å². The fourth-order valence-electron chi connectivity index (χ4n) is 1.32. The van der Waals surface area contributed by atoms with Gasteiger partial charge < -0.3 is 15.1 Å². The van der Waals surface area contributed by atoms with E-state index in [1.807, 2.05) is 6.92 Å². The summed E-state index contributed by atoms with van der Waals surface area (Å²) in [5.41, 5.74) is 0. The van der Waals surface area contributed by atoms with Crippen LogP contribution >= 0.6 is 15.9 Å². The molecule has 1 rings (SSSR count). The Morgan fingerprint density at radius 1 is 1.54 bits per heavy atom. The average molecular weight is 252 g/mol. The second-order valence-electron chi connectivity index (χ2n) is 3.25. The molecule has 4 nitrogen and oxygen atoms in total. The smallest absolute Gasteiger partial charge is 0.236 e. The molecule has 0 aliphatic carbocycles. The number of β-amino-alcohol motifs (C(OH)–C–C–N with tert-alkyl or cyclic N) is 2. The Morgan fingerprint density at radius 3 is 2.38 bits per heavy atom. The number of carbonyl (C=O) groups is 1. The zero-order valence-corrected chi connectivity index (χ0v) is 9.07. The van der Waals surface area contributed by atoms with E-state index in [2.05, 4.69) is 15.9 Å². The van der Waals surface area contributed by atoms with Gasteiger partial charge in [-0.2, -0.15) is 0 Å². The van der Waals surface area contributed by atoms with Gasteiger partial charge in [0.25, 0.3) is 0 Å². The lowest BCUT2D eigenvalue weighted by atomic mass is 10.3. The molecule has 1 heterocycles. The van der Waals surface area contributed by atoms with Crippen molar-refractivity contribution in [3.05, 3.63) is 0 Å². The first-order chi connectivity index (χ1) is 6.06. The standard InChI is InChI=1S/C8H14BrNO3/c1-2-5(9)8(13)10-3-6(11)7(12)4-10/h5-7,11-12H,2-4H2,1H3. The number of alkyl halides is 1. The summed E-state index contributed by atoms with van der Waals surface area (Å²) in [6, 6.07) is 0. The number of likely N-dealkylation sites (tertiary alicyclic amines) is 1. The summed E-state index contributed by atoms with van der Waals surface area (Å²) in [5, 5.41) is 18.4. The minimum absolute atomic E-state index is 0.0573. The van der Waals surface area contributed by atoms with E-state index in [9.17, 15) is 15.0 Å². The number of amides is 1. The molecule has 3 unspecified atom stereocenters. The van der Waals surface area contributed by atoms with Gasteiger partial charge >= 0.3 is 0 Å². The molecule has 0 saturated carbocycles. The number of aliphatic hydroxyl groups excluding tert-OH is 2. The molecule has 1 aliphatic heterocycles. The zero-order valence-electron chi connectivity index (χ0n) is 7.48. The molecule has 0 aromatic rings. The van der Waals surface area contributed by atoms with Crippen molar-refractivity contribution in [2.45, 2.75) is 30.4 Å². The van der Waals surface area contributed by atoms with Gasteiger partial charge in [0.15, 0.2) is 0 Å². The highest BCUT2D eigenvalue weighted by Gasteiger charge is 2.34. The van der Waals surface area contributed by atoms with Crippen molar-refractivity contribution in [1.29, 1.82) is 0 Å². The molecule has 1 amide bonds. The molecule has 0 aromatic carbocycles. The molecule has 0 spiro atoms. The quantitative estimate of drug-likeness (QED) is 0.665. The highest BCUT2D eigenvalue weighted by atomic mass is 79.9. The number of rotatable bonds is 2. The maximum absolute atomic E-state index is 11.5. The molecule has 2 N–H and O–H groups in total. The number of aliphatic hydroxyl groups is 2. The van der Waals surface area contributed by atoms with Crippen molar-refractivity contribution in [2.24, 2.45) is 0 Å². The summed E-state index contributed by atoms with van der Waals surface area (Å²) in [7, 11) is 0. The Labute approximate surface area is 85.7 Å². The van der Waals surface area contributed by atoms with Crippen LogP contribution in [-0.2, 0) is 4.79 Å². The lowest BCUT2D eigenvalue weighted by molar-refractivity contribution is -0.130. The summed E-state index contributed by atoms with van der Waals surface area (Å²) in [6.07, 6.45) is -0.873. The predicted molar refractivity (Wildman–Crippen MR) is 51.6 cm³/mol. The van der Waals surface area contributed by atoms with Crippen LogP contribution in [0.3, 0.4) is 0 Å². The van der Waals surface area contributed by atoms with Gasteiger partial charge in [-0.05, 0) is 6.42 Å². The van der Waals surface area contributed by atoms with Gasteiger partial charge in [-0.25, -0.2) is 0 Å². The Hall–Kier alpha value is -0.130. The average Bonchev–Trinajstić information content (AvgIpc) is 2.44. The van der Waals surface area contributed by atoms with Crippen LogP contribution in [0.5, 0.6) is 0 Å². The number of hydrogen-bond donors (Lipinski definition) is 2. The van der Waals surface area contributed by atoms with Crippen LogP contribution in [0.4, 0.5) is 0 Å². The van der Waals surface area contributed by atoms with Crippen molar-refractivity contribution in [2.75, 3.05) is 13.1 Å². The molecule has 0 radical (unpaired) electrons. The van der Waals surface area contributed by atoms with E-state index in [-0.39, 0.29) is 23.8 Å². The van der Waals surface area contributed by atoms with Crippen LogP contribution in [0, 0.1) is 0 Å². The first kappa shape index (κ1) is 10.9. The monoisotopic (exact) mass is 251 g/mol. The molecule has 3 atom stereocenters. The van der Waals surface area contributed by atoms with Gasteiger partial charge in [0.05, 0.1) is 17.0 Å². The van der Waals surface area contributed by atoms with Crippen molar-refractivity contribution in [3.8, 4) is 0 Å². The molecular weight excluding hydrogens is 238 g/mol. The Kier molecular flexibility index (Phi) is 3.70. The number of hydrogen-bond acceptors (Lipinski definition) is 3. The minimum Gasteiger partial charge on any atom is -0.388 e. The van der Waals surface area contributed by atoms with Crippen LogP contribution in [0.15, 0.2) is 0 Å². The topological polar surface area (TPSA) is 60.8 Å². The van der Waals surface area contributed by atoms with E-state index in [4.69, 9.17) is 0 Å². The fraction of sp³-hybridized carbons (Fsp3) is 0.875. The predicted octanol–water partition coefficient (Wildman–Crippen LogP) is -0.276. The second kappa shape index (κ2) is 4.39. The fourth-order valence-corrected chi connectivity index (χ4v) is 1.61. The van der Waals surface area contributed by atoms with Gasteiger partial charge in [-0.15, -0.1) is 0 Å². The maximum Gasteiger partial charge on any atom is 0.236 e. The van der Waals surface area contributed by atoms with Gasteiger partial charge in [0, 0.05) is 13.1 Å². The van der Waals surface area contributed by atoms with E-state index in [0.29, 0.717) is 6.42 Å². The first-order valence-electron chi connectivity index (χ1n) is 4.35. The van der Waals surface area contributed by atoms with Crippen LogP contribution in [0.1, 0.15) is 13.3 Å². The molecule has 1 saturated heterocycles. The number of nitrogens with zero attached hydrogens (tertiary/aromatic N) is 1. The molecular formula is C8H14BrNO3. The van der Waals surface area contributed by atoms with E-state index < -0.39 is 12.2 Å². The lowest BCUT2D eigenvalue weighted by Gasteiger charge is -2.17. The summed E-state index contributed by atoms with van der Waals surface area (Å²) in [4.78, 5) is 12.8. The largest absolute Gasteiger partial charge is 0.388 e. The Balaban J connectivity index is 2.50. The molecule has 76 valence electrons. The van der Waals surface area contributed by atoms with Gasteiger partial charge in [-0.3, -0.25) is 4.79 Å². The van der Waals surface area contributed by atoms with Gasteiger partial charge in [0.1, 0.15) is 0 Å². The number of halogens is 1. The van der Waals surface area contributed by atoms with Crippen LogP contribution in [-0.4, -0.2) is 51.1 Å². The molecule has 0 aromatic heterocycles. The molecule has 1 fully saturated rings. The third-order valence-electron chi connectivity index (χ3n) is 2.20. The highest BCUT2D eigenvalue weighted by molar-refractivity contribution is 9.10. The molecule has 1 aliphatic rings. The summed E-state index contributed by atoms with van der Waals surface area (Å²) in [6.45, 7) is 2.38. The first-order valence-corrected chi connectivity index (χ1v) is 5.26. The second-order valence-corrected chi connectivity index (χ2v) is 4.36. The maximum atomic E-state index is 11.5. The summed E-state index contributed by atoms with van der Waals surface area (Å²) in [5.74, 6) is -0.0573. The summed E-state index contributed by atoms with van der Waals surface area (Å²) >= 11 is 3.24. The van der Waals surface area contributed by atoms with E-state index in [1.165, 1.54) is 4.90 Å². The van der Waals surface area contributed by atoms with Crippen LogP contribution in [0.25, 0.3) is 0 Å². The summed E-state index contributed by atoms with van der Waals surface area (Å²) < 4.78 is 0. The van der Waals surface area contributed by atoms with Gasteiger partial charge in [-0.1, -0.05) is 22.9 Å². The van der Waals surface area contributed by atoms with Crippen molar-refractivity contribution in [1.82, 2.24) is 4.90 Å². The highest BCUT2D eigenvalue weighted by Crippen LogP contribution is 2.15. The SMILES string of the molecule is CCC(Br)C(=O)N1CC(O)C(O)C1. The number of carbonyl (C=O) groups excluding carboxylic acids is 1. The van der Waals surface area contributed by atoms with Crippen molar-refractivity contribution >= 4 is 21.8 Å².